The first kappa shape index (κ1) is 24.7. The summed E-state index contributed by atoms with van der Waals surface area (Å²) in [6.07, 6.45) is 4.02. The van der Waals surface area contributed by atoms with Crippen LogP contribution in [0.3, 0.4) is 0 Å². The monoisotopic (exact) mass is 502 g/mol. The summed E-state index contributed by atoms with van der Waals surface area (Å²) in [5.41, 5.74) is 2.40. The molecule has 0 aliphatic carbocycles. The Balaban J connectivity index is 1.21. The number of ether oxygens (including phenoxy) is 2. The van der Waals surface area contributed by atoms with E-state index in [1.807, 2.05) is 24.5 Å². The van der Waals surface area contributed by atoms with Crippen molar-refractivity contribution >= 4 is 33.5 Å². The number of methoxy groups -OCH3 is 2. The molecular formula is C28H30N4O5. The van der Waals surface area contributed by atoms with Gasteiger partial charge in [-0.15, -0.1) is 0 Å². The quantitative estimate of drug-likeness (QED) is 0.366. The number of anilines is 1. The van der Waals surface area contributed by atoms with Crippen molar-refractivity contribution in [2.75, 3.05) is 52.3 Å². The number of hydrogen-bond donors (Lipinski definition) is 1. The number of carbonyl (C=O) groups is 1. The number of nitrogens with zero attached hydrogens (tertiary/aromatic N) is 3. The number of piperazine rings is 1. The summed E-state index contributed by atoms with van der Waals surface area (Å²) in [6.45, 7) is 5.39. The van der Waals surface area contributed by atoms with E-state index in [0.29, 0.717) is 52.1 Å². The van der Waals surface area contributed by atoms with Crippen LogP contribution in [0.5, 0.6) is 11.5 Å². The zero-order chi connectivity index (χ0) is 25.8. The Hall–Kier alpha value is -3.95. The van der Waals surface area contributed by atoms with E-state index in [4.69, 9.17) is 13.9 Å². The van der Waals surface area contributed by atoms with E-state index in [2.05, 4.69) is 20.1 Å². The molecule has 0 saturated carbocycles. The normalized spacial score (nSPS) is 14.6. The van der Waals surface area contributed by atoms with Gasteiger partial charge in [0.15, 0.2) is 0 Å². The van der Waals surface area contributed by atoms with Gasteiger partial charge in [-0.05, 0) is 35.9 Å². The van der Waals surface area contributed by atoms with Gasteiger partial charge >= 0.3 is 0 Å². The molecule has 2 aromatic carbocycles. The number of nitrogens with one attached hydrogen (secondary N) is 1. The van der Waals surface area contributed by atoms with E-state index in [0.717, 1.165) is 32.7 Å². The Morgan fingerprint density at radius 1 is 0.973 bits per heavy atom. The van der Waals surface area contributed by atoms with Crippen LogP contribution in [-0.2, 0) is 11.3 Å². The molecule has 1 amide bonds. The average molecular weight is 503 g/mol. The maximum absolute atomic E-state index is 13.3. The fraction of sp³-hybridized carbons (Fsp3) is 0.321. The highest BCUT2D eigenvalue weighted by atomic mass is 16.5. The molecule has 4 aromatic rings. The van der Waals surface area contributed by atoms with Crippen molar-refractivity contribution in [3.63, 3.8) is 0 Å². The molecular weight excluding hydrogens is 472 g/mol. The fourth-order valence-corrected chi connectivity index (χ4v) is 4.68. The summed E-state index contributed by atoms with van der Waals surface area (Å²) in [7, 11) is 3.04. The molecule has 192 valence electrons. The van der Waals surface area contributed by atoms with Gasteiger partial charge in [-0.25, -0.2) is 0 Å². The fourth-order valence-electron chi connectivity index (χ4n) is 4.68. The van der Waals surface area contributed by atoms with Crippen LogP contribution in [0.25, 0.3) is 21.9 Å². The van der Waals surface area contributed by atoms with E-state index in [1.165, 1.54) is 12.7 Å². The Kier molecular flexibility index (Phi) is 7.34. The molecule has 0 radical (unpaired) electrons. The van der Waals surface area contributed by atoms with Gasteiger partial charge in [-0.2, -0.15) is 0 Å². The minimum Gasteiger partial charge on any atom is -0.496 e. The van der Waals surface area contributed by atoms with Crippen LogP contribution in [0.15, 0.2) is 64.1 Å². The van der Waals surface area contributed by atoms with Gasteiger partial charge in [-0.3, -0.25) is 19.5 Å². The number of hydrogen-bond acceptors (Lipinski definition) is 8. The molecule has 1 aliphatic heterocycles. The molecule has 1 saturated heterocycles. The van der Waals surface area contributed by atoms with Gasteiger partial charge in [0.25, 0.3) is 0 Å². The Labute approximate surface area is 214 Å². The van der Waals surface area contributed by atoms with Gasteiger partial charge in [-0.1, -0.05) is 0 Å². The van der Waals surface area contributed by atoms with Crippen molar-refractivity contribution in [2.24, 2.45) is 0 Å². The molecule has 0 atom stereocenters. The van der Waals surface area contributed by atoms with Gasteiger partial charge in [0.05, 0.1) is 19.6 Å². The van der Waals surface area contributed by atoms with Gasteiger partial charge in [0, 0.05) is 75.9 Å². The molecule has 0 unspecified atom stereocenters. The number of carbonyl (C=O) groups excluding carboxylic acids is 1. The van der Waals surface area contributed by atoms with Crippen molar-refractivity contribution in [1.29, 1.82) is 0 Å². The molecule has 9 heteroatoms. The third kappa shape index (κ3) is 5.58. The summed E-state index contributed by atoms with van der Waals surface area (Å²) >= 11 is 0. The molecule has 5 rings (SSSR count). The molecule has 37 heavy (non-hydrogen) atoms. The Bertz CT molecular complexity index is 1460. The van der Waals surface area contributed by atoms with Crippen molar-refractivity contribution in [1.82, 2.24) is 14.8 Å². The molecule has 9 nitrogen and oxygen atoms in total. The highest BCUT2D eigenvalue weighted by Crippen LogP contribution is 2.31. The van der Waals surface area contributed by atoms with E-state index in [9.17, 15) is 9.59 Å². The number of fused-ring (bicyclic) bond motifs is 2. The Morgan fingerprint density at radius 2 is 1.73 bits per heavy atom. The van der Waals surface area contributed by atoms with Crippen molar-refractivity contribution in [3.8, 4) is 11.5 Å². The second-order valence-corrected chi connectivity index (χ2v) is 9.12. The predicted molar refractivity (Wildman–Crippen MR) is 142 cm³/mol. The largest absolute Gasteiger partial charge is 0.496 e. The minimum atomic E-state index is -0.225. The first-order valence-electron chi connectivity index (χ1n) is 12.3. The van der Waals surface area contributed by atoms with Crippen molar-refractivity contribution in [3.05, 3.63) is 70.6 Å². The molecule has 0 bridgehead atoms. The van der Waals surface area contributed by atoms with E-state index >= 15 is 0 Å². The summed E-state index contributed by atoms with van der Waals surface area (Å²) in [4.78, 5) is 34.7. The van der Waals surface area contributed by atoms with Crippen LogP contribution in [0.1, 0.15) is 12.0 Å². The smallest absolute Gasteiger partial charge is 0.225 e. The summed E-state index contributed by atoms with van der Waals surface area (Å²) < 4.78 is 16.6. The Morgan fingerprint density at radius 3 is 2.46 bits per heavy atom. The molecule has 3 heterocycles. The average Bonchev–Trinajstić information content (AvgIpc) is 2.93. The molecule has 1 fully saturated rings. The van der Waals surface area contributed by atoms with Gasteiger partial charge < -0.3 is 24.1 Å². The van der Waals surface area contributed by atoms with E-state index in [1.54, 1.807) is 37.4 Å². The third-order valence-electron chi connectivity index (χ3n) is 6.73. The molecule has 1 aliphatic rings. The second kappa shape index (κ2) is 11.0. The molecule has 0 spiro atoms. The third-order valence-corrected chi connectivity index (χ3v) is 6.73. The van der Waals surface area contributed by atoms with E-state index < -0.39 is 0 Å². The van der Waals surface area contributed by atoms with Gasteiger partial charge in [0.1, 0.15) is 28.1 Å². The molecule has 2 aromatic heterocycles. The molecule has 1 N–H and O–H groups in total. The first-order valence-corrected chi connectivity index (χ1v) is 12.3. The number of benzene rings is 2. The summed E-state index contributed by atoms with van der Waals surface area (Å²) in [5, 5.41) is 3.63. The van der Waals surface area contributed by atoms with Crippen LogP contribution < -0.4 is 20.2 Å². The SMILES string of the molecule is COc1cc(OC)c2c(=O)c3cc(NC(=O)CCN4CCN(Cc5ccncc5)CC4)ccc3oc2c1. The lowest BCUT2D eigenvalue weighted by Gasteiger charge is -2.34. The van der Waals surface area contributed by atoms with Crippen molar-refractivity contribution in [2.45, 2.75) is 13.0 Å². The number of aromatic nitrogens is 1. The van der Waals surface area contributed by atoms with Crippen LogP contribution in [0.4, 0.5) is 5.69 Å². The summed E-state index contributed by atoms with van der Waals surface area (Å²) in [5.74, 6) is 0.817. The number of amides is 1. The van der Waals surface area contributed by atoms with E-state index in [-0.39, 0.29) is 11.3 Å². The number of pyridine rings is 1. The minimum absolute atomic E-state index is 0.0916. The topological polar surface area (TPSA) is 97.1 Å². The van der Waals surface area contributed by atoms with Crippen LogP contribution in [0.2, 0.25) is 0 Å². The lowest BCUT2D eigenvalue weighted by atomic mass is 10.1. The summed E-state index contributed by atoms with van der Waals surface area (Å²) in [6, 6.07) is 12.5. The zero-order valence-corrected chi connectivity index (χ0v) is 21.0. The highest BCUT2D eigenvalue weighted by Gasteiger charge is 2.18. The van der Waals surface area contributed by atoms with Crippen LogP contribution >= 0.6 is 0 Å². The van der Waals surface area contributed by atoms with Crippen LogP contribution in [-0.4, -0.2) is 67.6 Å². The highest BCUT2D eigenvalue weighted by molar-refractivity contribution is 5.97. The maximum atomic E-state index is 13.3. The lowest BCUT2D eigenvalue weighted by molar-refractivity contribution is -0.116. The lowest BCUT2D eigenvalue weighted by Crippen LogP contribution is -2.46. The second-order valence-electron chi connectivity index (χ2n) is 9.12. The number of rotatable bonds is 8. The van der Waals surface area contributed by atoms with Crippen molar-refractivity contribution < 1.29 is 18.7 Å². The van der Waals surface area contributed by atoms with Gasteiger partial charge in [0.2, 0.25) is 11.3 Å². The standard InChI is InChI=1S/C28H30N4O5/c1-35-21-16-24(36-2)27-25(17-21)37-23-4-3-20(15-22(23)28(27)34)30-26(33)7-10-31-11-13-32(14-12-31)18-19-5-8-29-9-6-19/h3-6,8-9,15-17H,7,10-14,18H2,1-2H3,(H,30,33). The first-order chi connectivity index (χ1) is 18.0. The predicted octanol–water partition coefficient (Wildman–Crippen LogP) is 3.50. The maximum Gasteiger partial charge on any atom is 0.225 e. The zero-order valence-electron chi connectivity index (χ0n) is 21.0. The van der Waals surface area contributed by atoms with Crippen LogP contribution in [0, 0.1) is 0 Å².